The summed E-state index contributed by atoms with van der Waals surface area (Å²) in [7, 11) is 0. The Morgan fingerprint density at radius 2 is 2.00 bits per heavy atom. The molecular weight excluding hydrogens is 198 g/mol. The first-order chi connectivity index (χ1) is 7.93. The molecular formula is C13H9N3. The van der Waals surface area contributed by atoms with E-state index in [1.165, 1.54) is 16.6 Å². The predicted octanol–water partition coefficient (Wildman–Crippen LogP) is 2.92. The third-order valence-corrected chi connectivity index (χ3v) is 3.07. The first-order valence-electron chi connectivity index (χ1n) is 5.25. The van der Waals surface area contributed by atoms with Gasteiger partial charge in [0.1, 0.15) is 5.52 Å². The minimum Gasteiger partial charge on any atom is -0.344 e. The third kappa shape index (κ3) is 0.852. The van der Waals surface area contributed by atoms with Crippen molar-refractivity contribution in [1.29, 1.82) is 0 Å². The fourth-order valence-corrected chi connectivity index (χ4v) is 2.32. The van der Waals surface area contributed by atoms with Crippen molar-refractivity contribution in [1.82, 2.24) is 14.4 Å². The maximum absolute atomic E-state index is 4.40. The molecule has 0 unspecified atom stereocenters. The monoisotopic (exact) mass is 207 g/mol. The molecule has 1 aliphatic heterocycles. The zero-order valence-electron chi connectivity index (χ0n) is 8.51. The summed E-state index contributed by atoms with van der Waals surface area (Å²) in [5.41, 5.74) is 5.78. The number of aromatic amines is 1. The molecule has 1 N–H and O–H groups in total. The van der Waals surface area contributed by atoms with E-state index in [2.05, 4.69) is 51.0 Å². The van der Waals surface area contributed by atoms with Gasteiger partial charge < -0.3 is 9.38 Å². The van der Waals surface area contributed by atoms with E-state index >= 15 is 0 Å². The summed E-state index contributed by atoms with van der Waals surface area (Å²) in [4.78, 5) is 7.54. The molecule has 0 amide bonds. The second-order valence-electron chi connectivity index (χ2n) is 3.95. The molecule has 0 saturated carbocycles. The minimum atomic E-state index is 1.03. The highest BCUT2D eigenvalue weighted by Crippen LogP contribution is 2.30. The van der Waals surface area contributed by atoms with E-state index in [1.807, 2.05) is 6.07 Å². The molecule has 0 saturated heterocycles. The SMILES string of the molecule is c1cc2ccn3ccc4[nH]cnc4c3c-2c1. The summed E-state index contributed by atoms with van der Waals surface area (Å²) in [5.74, 6) is 0. The van der Waals surface area contributed by atoms with Crippen molar-refractivity contribution in [3.05, 3.63) is 49.1 Å². The highest BCUT2D eigenvalue weighted by Gasteiger charge is 2.10. The molecule has 0 spiro atoms. The van der Waals surface area contributed by atoms with Crippen LogP contribution in [0.4, 0.5) is 0 Å². The maximum atomic E-state index is 4.40. The Hall–Kier alpha value is -2.29. The minimum absolute atomic E-state index is 1.03. The van der Waals surface area contributed by atoms with Gasteiger partial charge in [-0.25, -0.2) is 4.98 Å². The molecule has 2 aromatic rings. The molecule has 0 fully saturated rings. The number of pyridine rings is 2. The summed E-state index contributed by atoms with van der Waals surface area (Å²) < 4.78 is 2.12. The normalized spacial score (nSPS) is 11.8. The molecule has 0 atom stereocenters. The van der Waals surface area contributed by atoms with Crippen LogP contribution in [-0.4, -0.2) is 14.4 Å². The second-order valence-corrected chi connectivity index (χ2v) is 3.95. The molecule has 2 aromatic heterocycles. The van der Waals surface area contributed by atoms with Crippen LogP contribution in [-0.2, 0) is 0 Å². The lowest BCUT2D eigenvalue weighted by Crippen LogP contribution is -1.91. The molecule has 0 radical (unpaired) electrons. The summed E-state index contributed by atoms with van der Waals surface area (Å²) >= 11 is 0. The quantitative estimate of drug-likeness (QED) is 0.472. The van der Waals surface area contributed by atoms with Crippen molar-refractivity contribution in [3.8, 4) is 11.1 Å². The van der Waals surface area contributed by atoms with Crippen molar-refractivity contribution in [2.45, 2.75) is 0 Å². The Balaban J connectivity index is 2.38. The van der Waals surface area contributed by atoms with Crippen LogP contribution in [0.3, 0.4) is 0 Å². The maximum Gasteiger partial charge on any atom is 0.113 e. The first-order valence-corrected chi connectivity index (χ1v) is 5.25. The molecule has 0 bridgehead atoms. The third-order valence-electron chi connectivity index (χ3n) is 3.07. The molecule has 0 aromatic carbocycles. The van der Waals surface area contributed by atoms with Crippen LogP contribution >= 0.6 is 0 Å². The number of rotatable bonds is 0. The van der Waals surface area contributed by atoms with Gasteiger partial charge in [0.25, 0.3) is 0 Å². The van der Waals surface area contributed by atoms with E-state index in [9.17, 15) is 0 Å². The van der Waals surface area contributed by atoms with Crippen molar-refractivity contribution < 1.29 is 0 Å². The largest absolute Gasteiger partial charge is 0.344 e. The highest BCUT2D eigenvalue weighted by atomic mass is 14.9. The Kier molecular flexibility index (Phi) is 1.31. The van der Waals surface area contributed by atoms with Crippen LogP contribution in [0.5, 0.6) is 0 Å². The molecule has 3 nitrogen and oxygen atoms in total. The highest BCUT2D eigenvalue weighted by molar-refractivity contribution is 5.99. The predicted molar refractivity (Wildman–Crippen MR) is 63.7 cm³/mol. The van der Waals surface area contributed by atoms with Gasteiger partial charge in [0.2, 0.25) is 0 Å². The molecule has 4 rings (SSSR count). The summed E-state index contributed by atoms with van der Waals surface area (Å²) in [6.45, 7) is 0. The van der Waals surface area contributed by atoms with Gasteiger partial charge in [0.05, 0.1) is 17.4 Å². The van der Waals surface area contributed by atoms with E-state index < -0.39 is 0 Å². The van der Waals surface area contributed by atoms with Gasteiger partial charge in [0.15, 0.2) is 0 Å². The van der Waals surface area contributed by atoms with Crippen molar-refractivity contribution in [2.24, 2.45) is 0 Å². The number of nitrogens with zero attached hydrogens (tertiary/aromatic N) is 2. The summed E-state index contributed by atoms with van der Waals surface area (Å²) in [6, 6.07) is 10.5. The number of hydrogen-bond donors (Lipinski definition) is 1. The van der Waals surface area contributed by atoms with Gasteiger partial charge in [-0.05, 0) is 17.7 Å². The smallest absolute Gasteiger partial charge is 0.113 e. The van der Waals surface area contributed by atoms with E-state index in [0.29, 0.717) is 0 Å². The Bertz CT molecular complexity index is 758. The topological polar surface area (TPSA) is 33.1 Å². The van der Waals surface area contributed by atoms with Gasteiger partial charge in [-0.15, -0.1) is 0 Å². The lowest BCUT2D eigenvalue weighted by atomic mass is 10.1. The van der Waals surface area contributed by atoms with Crippen molar-refractivity contribution >= 4 is 16.6 Å². The van der Waals surface area contributed by atoms with Crippen LogP contribution in [0.15, 0.2) is 49.1 Å². The molecule has 2 aliphatic rings. The average molecular weight is 207 g/mol. The van der Waals surface area contributed by atoms with Gasteiger partial charge >= 0.3 is 0 Å². The summed E-state index contributed by atoms with van der Waals surface area (Å²) in [6.07, 6.45) is 5.88. The van der Waals surface area contributed by atoms with Crippen LogP contribution < -0.4 is 0 Å². The van der Waals surface area contributed by atoms with Crippen LogP contribution in [0.2, 0.25) is 0 Å². The van der Waals surface area contributed by atoms with E-state index in [4.69, 9.17) is 0 Å². The standard InChI is InChI=1S/C13H9N3/c1-2-9-4-6-16-7-5-11-12(15-8-14-11)13(16)10(9)3-1/h1-8H,(H,14,15). The lowest BCUT2D eigenvalue weighted by molar-refractivity contribution is 1.17. The lowest BCUT2D eigenvalue weighted by Gasteiger charge is -2.07. The zero-order chi connectivity index (χ0) is 10.5. The number of imidazole rings is 1. The fraction of sp³-hybridized carbons (Fsp3) is 0. The Labute approximate surface area is 91.7 Å². The second kappa shape index (κ2) is 2.64. The van der Waals surface area contributed by atoms with Gasteiger partial charge in [-0.1, -0.05) is 18.2 Å². The van der Waals surface area contributed by atoms with Gasteiger partial charge in [0, 0.05) is 18.0 Å². The number of nitrogens with one attached hydrogen (secondary N) is 1. The van der Waals surface area contributed by atoms with E-state index in [0.717, 1.165) is 11.0 Å². The molecule has 3 heterocycles. The molecule has 16 heavy (non-hydrogen) atoms. The number of H-pyrrole nitrogens is 1. The van der Waals surface area contributed by atoms with Crippen molar-refractivity contribution in [3.63, 3.8) is 0 Å². The molecule has 76 valence electrons. The Morgan fingerprint density at radius 3 is 3.00 bits per heavy atom. The van der Waals surface area contributed by atoms with Crippen LogP contribution in [0, 0.1) is 0 Å². The Morgan fingerprint density at radius 1 is 1.06 bits per heavy atom. The van der Waals surface area contributed by atoms with Gasteiger partial charge in [-0.3, -0.25) is 0 Å². The van der Waals surface area contributed by atoms with E-state index in [-0.39, 0.29) is 0 Å². The van der Waals surface area contributed by atoms with Crippen LogP contribution in [0.25, 0.3) is 27.7 Å². The average Bonchev–Trinajstić information content (AvgIpc) is 2.96. The fourth-order valence-electron chi connectivity index (χ4n) is 2.32. The van der Waals surface area contributed by atoms with Crippen molar-refractivity contribution in [2.75, 3.05) is 0 Å². The number of fused-ring (bicyclic) bond motifs is 5. The zero-order valence-corrected chi connectivity index (χ0v) is 8.51. The number of aromatic nitrogens is 3. The molecule has 1 aliphatic carbocycles. The summed E-state index contributed by atoms with van der Waals surface area (Å²) in [5, 5.41) is 0. The van der Waals surface area contributed by atoms with Crippen LogP contribution in [0.1, 0.15) is 0 Å². The number of hydrogen-bond acceptors (Lipinski definition) is 1. The van der Waals surface area contributed by atoms with Gasteiger partial charge in [-0.2, -0.15) is 0 Å². The first kappa shape index (κ1) is 7.93. The van der Waals surface area contributed by atoms with E-state index in [1.54, 1.807) is 6.33 Å². The molecule has 3 heteroatoms.